The van der Waals surface area contributed by atoms with E-state index in [4.69, 9.17) is 13.8 Å². The van der Waals surface area contributed by atoms with Crippen LogP contribution in [0.5, 0.6) is 5.75 Å². The van der Waals surface area contributed by atoms with Crippen molar-refractivity contribution in [3.8, 4) is 28.5 Å². The van der Waals surface area contributed by atoms with Crippen LogP contribution in [0.1, 0.15) is 74.7 Å². The van der Waals surface area contributed by atoms with Gasteiger partial charge in [0.15, 0.2) is 6.10 Å². The number of hydrogen-bond acceptors (Lipinski definition) is 9. The highest BCUT2D eigenvalue weighted by Gasteiger charge is 2.22. The maximum absolute atomic E-state index is 14.7. The first kappa shape index (κ1) is 26.9. The van der Waals surface area contributed by atoms with Crippen LogP contribution in [0.3, 0.4) is 0 Å². The minimum Gasteiger partial charge on any atom is -0.481 e. The molecule has 0 saturated carbocycles. The number of halogens is 1. The Balaban J connectivity index is 1.45. The zero-order valence-electron chi connectivity index (χ0n) is 21.6. The Bertz CT molecular complexity index is 1360. The van der Waals surface area contributed by atoms with E-state index in [1.807, 2.05) is 39.8 Å². The first-order chi connectivity index (χ1) is 18.3. The fraction of sp³-hybridized carbons (Fsp3) is 0.370. The lowest BCUT2D eigenvalue weighted by Crippen LogP contribution is -2.37. The molecule has 38 heavy (non-hydrogen) atoms. The van der Waals surface area contributed by atoms with Crippen molar-refractivity contribution < 1.29 is 28.1 Å². The normalized spacial score (nSPS) is 12.9. The first-order valence-electron chi connectivity index (χ1n) is 12.5. The van der Waals surface area contributed by atoms with E-state index in [1.165, 1.54) is 18.2 Å². The van der Waals surface area contributed by atoms with E-state index in [9.17, 15) is 14.3 Å². The molecule has 2 atom stereocenters. The summed E-state index contributed by atoms with van der Waals surface area (Å²) in [6.45, 7) is 7.47. The Morgan fingerprint density at radius 1 is 0.974 bits per heavy atom. The molecule has 2 aromatic heterocycles. The van der Waals surface area contributed by atoms with Gasteiger partial charge in [0.25, 0.3) is 11.8 Å². The summed E-state index contributed by atoms with van der Waals surface area (Å²) < 4.78 is 31.4. The summed E-state index contributed by atoms with van der Waals surface area (Å²) in [6.07, 6.45) is 0.540. The van der Waals surface area contributed by atoms with Crippen LogP contribution in [0.25, 0.3) is 22.8 Å². The van der Waals surface area contributed by atoms with Crippen molar-refractivity contribution in [3.05, 3.63) is 65.6 Å². The van der Waals surface area contributed by atoms with Crippen LogP contribution >= 0.6 is 0 Å². The molecule has 4 aromatic rings. The monoisotopic (exact) mass is 523 g/mol. The van der Waals surface area contributed by atoms with Gasteiger partial charge in [-0.2, -0.15) is 9.97 Å². The van der Waals surface area contributed by atoms with Crippen molar-refractivity contribution in [2.75, 3.05) is 6.61 Å². The maximum Gasteiger partial charge on any atom is 0.268 e. The number of ether oxygens (including phenoxy) is 1. The summed E-state index contributed by atoms with van der Waals surface area (Å²) in [5.74, 6) is 0.876. The summed E-state index contributed by atoms with van der Waals surface area (Å²) in [5.41, 5.74) is 1.01. The molecule has 0 aliphatic carbocycles. The van der Waals surface area contributed by atoms with E-state index in [2.05, 4.69) is 25.6 Å². The summed E-state index contributed by atoms with van der Waals surface area (Å²) in [6, 6.07) is 10.9. The highest BCUT2D eigenvalue weighted by molar-refractivity contribution is 5.95. The molecule has 200 valence electrons. The van der Waals surface area contributed by atoms with Crippen LogP contribution in [-0.2, 0) is 0 Å². The largest absolute Gasteiger partial charge is 0.481 e. The molecule has 11 heteroatoms. The van der Waals surface area contributed by atoms with Gasteiger partial charge in [0, 0.05) is 17.0 Å². The standard InChI is InChI=1S/C27H30FN5O5/c1-5-18(14-34)29-25(35)20-12-9-17(13-21(20)28)24-31-27(38-33-24)22(6-2)36-19-10-7-16(8-11-19)23-30-26(15(3)4)37-32-23/h7-13,15,18,22,34H,5-6,14H2,1-4H3,(H,29,35)/t18-,22?/m0/s1. The zero-order valence-corrected chi connectivity index (χ0v) is 21.6. The quantitative estimate of drug-likeness (QED) is 0.276. The molecule has 4 rings (SSSR count). The van der Waals surface area contributed by atoms with Crippen LogP contribution in [-0.4, -0.2) is 43.9 Å². The van der Waals surface area contributed by atoms with Gasteiger partial charge in [-0.3, -0.25) is 4.79 Å². The van der Waals surface area contributed by atoms with E-state index in [-0.39, 0.29) is 29.8 Å². The predicted octanol–water partition coefficient (Wildman–Crippen LogP) is 5.08. The third-order valence-corrected chi connectivity index (χ3v) is 5.93. The molecule has 1 unspecified atom stereocenters. The maximum atomic E-state index is 14.7. The van der Waals surface area contributed by atoms with Gasteiger partial charge < -0.3 is 24.2 Å². The predicted molar refractivity (Wildman–Crippen MR) is 136 cm³/mol. The molecule has 2 N–H and O–H groups in total. The molecular weight excluding hydrogens is 493 g/mol. The summed E-state index contributed by atoms with van der Waals surface area (Å²) in [5, 5.41) is 19.8. The lowest BCUT2D eigenvalue weighted by atomic mass is 10.1. The Kier molecular flexibility index (Phi) is 8.47. The van der Waals surface area contributed by atoms with Crippen LogP contribution in [0, 0.1) is 5.82 Å². The Hall–Kier alpha value is -4.12. The SMILES string of the molecule is CCC(Oc1ccc(-c2noc(C(C)C)n2)cc1)c1nc(-c2ccc(C(=O)N[C@@H](CC)CO)c(F)c2)no1. The minimum atomic E-state index is -0.732. The Morgan fingerprint density at radius 2 is 1.61 bits per heavy atom. The topological polar surface area (TPSA) is 136 Å². The van der Waals surface area contributed by atoms with Crippen molar-refractivity contribution in [1.29, 1.82) is 0 Å². The van der Waals surface area contributed by atoms with Gasteiger partial charge in [0.2, 0.25) is 17.5 Å². The van der Waals surface area contributed by atoms with Gasteiger partial charge in [0.1, 0.15) is 11.6 Å². The Labute approximate surface area is 219 Å². The summed E-state index contributed by atoms with van der Waals surface area (Å²) in [4.78, 5) is 21.1. The summed E-state index contributed by atoms with van der Waals surface area (Å²) in [7, 11) is 0. The second kappa shape index (κ2) is 12.0. The molecule has 0 aliphatic rings. The third kappa shape index (κ3) is 6.05. The molecule has 0 radical (unpaired) electrons. The van der Waals surface area contributed by atoms with Gasteiger partial charge in [-0.15, -0.1) is 0 Å². The van der Waals surface area contributed by atoms with Gasteiger partial charge in [0.05, 0.1) is 18.2 Å². The van der Waals surface area contributed by atoms with Crippen molar-refractivity contribution >= 4 is 5.91 Å². The second-order valence-electron chi connectivity index (χ2n) is 9.06. The van der Waals surface area contributed by atoms with Crippen LogP contribution < -0.4 is 10.1 Å². The van der Waals surface area contributed by atoms with Crippen molar-refractivity contribution in [2.45, 2.75) is 58.6 Å². The van der Waals surface area contributed by atoms with Gasteiger partial charge in [-0.25, -0.2) is 4.39 Å². The van der Waals surface area contributed by atoms with Crippen molar-refractivity contribution in [1.82, 2.24) is 25.6 Å². The van der Waals surface area contributed by atoms with Gasteiger partial charge in [-0.05, 0) is 49.2 Å². The van der Waals surface area contributed by atoms with Crippen molar-refractivity contribution in [2.24, 2.45) is 0 Å². The number of aliphatic hydroxyl groups excluding tert-OH is 1. The van der Waals surface area contributed by atoms with Crippen LogP contribution in [0.2, 0.25) is 0 Å². The van der Waals surface area contributed by atoms with E-state index < -0.39 is 23.9 Å². The van der Waals surface area contributed by atoms with Gasteiger partial charge in [-0.1, -0.05) is 44.1 Å². The number of aromatic nitrogens is 4. The molecule has 0 spiro atoms. The molecule has 0 fully saturated rings. The molecule has 1 amide bonds. The highest BCUT2D eigenvalue weighted by Crippen LogP contribution is 2.28. The molecule has 10 nitrogen and oxygen atoms in total. The van der Waals surface area contributed by atoms with Gasteiger partial charge >= 0.3 is 0 Å². The molecular formula is C27H30FN5O5. The number of hydrogen-bond donors (Lipinski definition) is 2. The average Bonchev–Trinajstić information content (AvgIpc) is 3.61. The van der Waals surface area contributed by atoms with E-state index in [0.717, 1.165) is 5.56 Å². The molecule has 0 bridgehead atoms. The third-order valence-electron chi connectivity index (χ3n) is 5.93. The van der Waals surface area contributed by atoms with E-state index in [0.29, 0.717) is 35.9 Å². The smallest absolute Gasteiger partial charge is 0.268 e. The molecule has 2 heterocycles. The van der Waals surface area contributed by atoms with E-state index in [1.54, 1.807) is 12.1 Å². The number of rotatable bonds is 11. The highest BCUT2D eigenvalue weighted by atomic mass is 19.1. The number of carbonyl (C=O) groups is 1. The fourth-order valence-electron chi connectivity index (χ4n) is 3.60. The first-order valence-corrected chi connectivity index (χ1v) is 12.5. The average molecular weight is 524 g/mol. The van der Waals surface area contributed by atoms with E-state index >= 15 is 0 Å². The summed E-state index contributed by atoms with van der Waals surface area (Å²) >= 11 is 0. The van der Waals surface area contributed by atoms with Crippen molar-refractivity contribution in [3.63, 3.8) is 0 Å². The molecule has 2 aromatic carbocycles. The zero-order chi connectivity index (χ0) is 27.2. The van der Waals surface area contributed by atoms with Crippen LogP contribution in [0.4, 0.5) is 4.39 Å². The number of benzene rings is 2. The molecule has 0 saturated heterocycles. The number of nitrogens with one attached hydrogen (secondary N) is 1. The number of aliphatic hydroxyl groups is 1. The lowest BCUT2D eigenvalue weighted by Gasteiger charge is -2.14. The second-order valence-corrected chi connectivity index (χ2v) is 9.06. The Morgan fingerprint density at radius 3 is 2.18 bits per heavy atom. The molecule has 0 aliphatic heterocycles. The fourth-order valence-corrected chi connectivity index (χ4v) is 3.60. The lowest BCUT2D eigenvalue weighted by molar-refractivity contribution is 0.0911. The van der Waals surface area contributed by atoms with Crippen LogP contribution in [0.15, 0.2) is 51.5 Å². The number of carbonyl (C=O) groups excluding carboxylic acids is 1. The number of amides is 1. The minimum absolute atomic E-state index is 0.135. The number of nitrogens with zero attached hydrogens (tertiary/aromatic N) is 4.